The lowest BCUT2D eigenvalue weighted by Gasteiger charge is -2.13. The fourth-order valence-electron chi connectivity index (χ4n) is 2.82. The van der Waals surface area contributed by atoms with Gasteiger partial charge in [-0.3, -0.25) is 9.59 Å². The van der Waals surface area contributed by atoms with Crippen molar-refractivity contribution in [3.8, 4) is 0 Å². The molecule has 0 aliphatic heterocycles. The molecule has 2 N–H and O–H groups in total. The third-order valence-electron chi connectivity index (χ3n) is 4.64. The fourth-order valence-corrected chi connectivity index (χ4v) is 3.00. The average Bonchev–Trinajstić information content (AvgIpc) is 3.40. The Labute approximate surface area is 158 Å². The summed E-state index contributed by atoms with van der Waals surface area (Å²) in [7, 11) is 3.92. The molecule has 5 nitrogen and oxygen atoms in total. The second-order valence-electron chi connectivity index (χ2n) is 6.78. The number of halogens is 1. The van der Waals surface area contributed by atoms with Crippen LogP contribution in [0, 0.1) is 18.8 Å². The van der Waals surface area contributed by atoms with E-state index in [9.17, 15) is 9.59 Å². The van der Waals surface area contributed by atoms with Gasteiger partial charge in [-0.2, -0.15) is 0 Å². The zero-order valence-corrected chi connectivity index (χ0v) is 15.8. The van der Waals surface area contributed by atoms with Crippen molar-refractivity contribution in [2.45, 2.75) is 13.3 Å². The summed E-state index contributed by atoms with van der Waals surface area (Å²) in [6, 6.07) is 13.0. The molecule has 2 atom stereocenters. The fraction of sp³-hybridized carbons (Fsp3) is 0.300. The molecule has 0 radical (unpaired) electrons. The highest BCUT2D eigenvalue weighted by Gasteiger charge is 2.48. The Hall–Kier alpha value is -2.53. The highest BCUT2D eigenvalue weighted by Crippen LogP contribution is 2.40. The van der Waals surface area contributed by atoms with E-state index in [1.54, 1.807) is 12.1 Å². The average molecular weight is 372 g/mol. The number of rotatable bonds is 5. The van der Waals surface area contributed by atoms with E-state index in [1.807, 2.05) is 56.3 Å². The summed E-state index contributed by atoms with van der Waals surface area (Å²) in [5.41, 5.74) is 3.30. The molecule has 6 heteroatoms. The molecule has 136 valence electrons. The Balaban J connectivity index is 1.56. The number of carbonyl (C=O) groups is 2. The van der Waals surface area contributed by atoms with E-state index >= 15 is 0 Å². The van der Waals surface area contributed by atoms with E-state index < -0.39 is 0 Å². The number of hydrogen-bond donors (Lipinski definition) is 2. The summed E-state index contributed by atoms with van der Waals surface area (Å²) in [4.78, 5) is 26.7. The van der Waals surface area contributed by atoms with Crippen molar-refractivity contribution in [1.29, 1.82) is 0 Å². The number of hydrogen-bond acceptors (Lipinski definition) is 3. The van der Waals surface area contributed by atoms with Crippen LogP contribution in [0.15, 0.2) is 42.5 Å². The van der Waals surface area contributed by atoms with Crippen LogP contribution in [0.1, 0.15) is 12.0 Å². The number of benzene rings is 2. The number of anilines is 3. The van der Waals surface area contributed by atoms with Gasteiger partial charge in [0, 0.05) is 36.2 Å². The van der Waals surface area contributed by atoms with Crippen LogP contribution < -0.4 is 15.5 Å². The van der Waals surface area contributed by atoms with Crippen LogP contribution in [0.5, 0.6) is 0 Å². The summed E-state index contributed by atoms with van der Waals surface area (Å²) >= 11 is 6.07. The molecule has 1 saturated carbocycles. The van der Waals surface area contributed by atoms with Crippen molar-refractivity contribution in [2.75, 3.05) is 29.6 Å². The second-order valence-corrected chi connectivity index (χ2v) is 7.19. The van der Waals surface area contributed by atoms with Crippen LogP contribution in [-0.4, -0.2) is 25.9 Å². The Morgan fingerprint density at radius 3 is 2.23 bits per heavy atom. The third kappa shape index (κ3) is 3.99. The van der Waals surface area contributed by atoms with Gasteiger partial charge in [0.1, 0.15) is 0 Å². The van der Waals surface area contributed by atoms with Crippen LogP contribution in [0.3, 0.4) is 0 Å². The maximum Gasteiger partial charge on any atom is 0.228 e. The minimum absolute atomic E-state index is 0.120. The number of nitrogens with zero attached hydrogens (tertiary/aromatic N) is 1. The first-order valence-electron chi connectivity index (χ1n) is 8.51. The highest BCUT2D eigenvalue weighted by atomic mass is 35.5. The molecule has 0 heterocycles. The van der Waals surface area contributed by atoms with E-state index in [2.05, 4.69) is 10.6 Å². The van der Waals surface area contributed by atoms with Crippen LogP contribution in [0.2, 0.25) is 5.02 Å². The Morgan fingerprint density at radius 1 is 1.00 bits per heavy atom. The Kier molecular flexibility index (Phi) is 5.18. The molecule has 2 aromatic carbocycles. The van der Waals surface area contributed by atoms with Gasteiger partial charge in [-0.25, -0.2) is 0 Å². The van der Waals surface area contributed by atoms with Crippen molar-refractivity contribution in [2.24, 2.45) is 11.8 Å². The van der Waals surface area contributed by atoms with Crippen molar-refractivity contribution in [1.82, 2.24) is 0 Å². The van der Waals surface area contributed by atoms with Crippen molar-refractivity contribution < 1.29 is 9.59 Å². The van der Waals surface area contributed by atoms with Gasteiger partial charge in [0.05, 0.1) is 11.8 Å². The molecular weight excluding hydrogens is 350 g/mol. The van der Waals surface area contributed by atoms with Crippen LogP contribution in [-0.2, 0) is 9.59 Å². The summed E-state index contributed by atoms with van der Waals surface area (Å²) in [6.07, 6.45) is 0.563. The Bertz CT molecular complexity index is 833. The molecule has 0 spiro atoms. The van der Waals surface area contributed by atoms with E-state index in [1.165, 1.54) is 0 Å². The van der Waals surface area contributed by atoms with Gasteiger partial charge in [0.15, 0.2) is 0 Å². The molecule has 1 aliphatic rings. The lowest BCUT2D eigenvalue weighted by Crippen LogP contribution is -2.21. The van der Waals surface area contributed by atoms with E-state index in [4.69, 9.17) is 11.6 Å². The first-order chi connectivity index (χ1) is 12.4. The molecule has 0 saturated heterocycles. The van der Waals surface area contributed by atoms with Gasteiger partial charge < -0.3 is 15.5 Å². The van der Waals surface area contributed by atoms with E-state index in [0.29, 0.717) is 17.1 Å². The van der Waals surface area contributed by atoms with Gasteiger partial charge in [-0.15, -0.1) is 0 Å². The van der Waals surface area contributed by atoms with Gasteiger partial charge in [-0.05, 0) is 55.3 Å². The molecule has 0 bridgehead atoms. The predicted molar refractivity (Wildman–Crippen MR) is 106 cm³/mol. The maximum absolute atomic E-state index is 12.4. The summed E-state index contributed by atoms with van der Waals surface area (Å²) in [5.74, 6) is -0.846. The molecule has 2 amide bonds. The number of nitrogens with one attached hydrogen (secondary N) is 2. The molecule has 1 fully saturated rings. The topological polar surface area (TPSA) is 61.4 Å². The lowest BCUT2D eigenvalue weighted by atomic mass is 10.2. The zero-order chi connectivity index (χ0) is 18.8. The molecular formula is C20H22ClN3O2. The van der Waals surface area contributed by atoms with Gasteiger partial charge >= 0.3 is 0 Å². The summed E-state index contributed by atoms with van der Waals surface area (Å²) in [6.45, 7) is 1.85. The first kappa shape index (κ1) is 18.3. The summed E-state index contributed by atoms with van der Waals surface area (Å²) < 4.78 is 0. The predicted octanol–water partition coefficient (Wildman–Crippen LogP) is 3.93. The second kappa shape index (κ2) is 7.38. The molecule has 2 unspecified atom stereocenters. The number of amides is 2. The van der Waals surface area contributed by atoms with Crippen molar-refractivity contribution in [3.63, 3.8) is 0 Å². The van der Waals surface area contributed by atoms with Gasteiger partial charge in [0.2, 0.25) is 11.8 Å². The van der Waals surface area contributed by atoms with Crippen LogP contribution in [0.4, 0.5) is 17.1 Å². The highest BCUT2D eigenvalue weighted by molar-refractivity contribution is 6.31. The molecule has 2 aromatic rings. The van der Waals surface area contributed by atoms with Crippen LogP contribution in [0.25, 0.3) is 0 Å². The largest absolute Gasteiger partial charge is 0.378 e. The SMILES string of the molecule is Cc1c(Cl)cccc1NC(=O)C1CC1C(=O)Nc1ccc(N(C)C)cc1. The van der Waals surface area contributed by atoms with Gasteiger partial charge in [0.25, 0.3) is 0 Å². The standard InChI is InChI=1S/C20H22ClN3O2/c1-12-17(21)5-4-6-18(12)23-20(26)16-11-15(16)19(25)22-13-7-9-14(10-8-13)24(2)3/h4-10,15-16H,11H2,1-3H3,(H,22,25)(H,23,26). The maximum atomic E-state index is 12.4. The Morgan fingerprint density at radius 2 is 1.62 bits per heavy atom. The molecule has 0 aromatic heterocycles. The van der Waals surface area contributed by atoms with Crippen molar-refractivity contribution >= 4 is 40.5 Å². The normalized spacial score (nSPS) is 18.2. The van der Waals surface area contributed by atoms with Crippen molar-refractivity contribution in [3.05, 3.63) is 53.1 Å². The van der Waals surface area contributed by atoms with Crippen LogP contribution >= 0.6 is 11.6 Å². The first-order valence-corrected chi connectivity index (χ1v) is 8.89. The monoisotopic (exact) mass is 371 g/mol. The minimum Gasteiger partial charge on any atom is -0.378 e. The lowest BCUT2D eigenvalue weighted by molar-refractivity contribution is -0.122. The smallest absolute Gasteiger partial charge is 0.228 e. The molecule has 1 aliphatic carbocycles. The zero-order valence-electron chi connectivity index (χ0n) is 15.0. The van der Waals surface area contributed by atoms with E-state index in [0.717, 1.165) is 16.9 Å². The van der Waals surface area contributed by atoms with E-state index in [-0.39, 0.29) is 23.7 Å². The van der Waals surface area contributed by atoms with Gasteiger partial charge in [-0.1, -0.05) is 17.7 Å². The minimum atomic E-state index is -0.297. The third-order valence-corrected chi connectivity index (χ3v) is 5.05. The summed E-state index contributed by atoms with van der Waals surface area (Å²) in [5, 5.41) is 6.36. The quantitative estimate of drug-likeness (QED) is 0.837. The molecule has 3 rings (SSSR count). The number of carbonyl (C=O) groups excluding carboxylic acids is 2. The molecule has 26 heavy (non-hydrogen) atoms.